The van der Waals surface area contributed by atoms with Gasteiger partial charge in [-0.2, -0.15) is 0 Å². The number of esters is 1. The summed E-state index contributed by atoms with van der Waals surface area (Å²) in [6.45, 7) is 0.212. The number of oxazole rings is 1. The van der Waals surface area contributed by atoms with E-state index < -0.39 is 12.1 Å². The van der Waals surface area contributed by atoms with Gasteiger partial charge in [0.25, 0.3) is 5.91 Å². The number of benzene rings is 1. The van der Waals surface area contributed by atoms with Gasteiger partial charge < -0.3 is 14.5 Å². The molecule has 3 heterocycles. The van der Waals surface area contributed by atoms with Crippen LogP contribution in [0.2, 0.25) is 0 Å². The predicted molar refractivity (Wildman–Crippen MR) is 91.0 cm³/mol. The van der Waals surface area contributed by atoms with Crippen LogP contribution in [-0.2, 0) is 22.5 Å². The van der Waals surface area contributed by atoms with Crippen molar-refractivity contribution in [2.24, 2.45) is 0 Å². The standard InChI is InChI=1S/C18H14N2O4S/c21-16(14-8-11-4-1-2-5-13(11)18(22)24-14)19-9-12-10-23-17(20-12)15-6-3-7-25-15/h1-7,10,14H,8-9H2,(H,19,21). The van der Waals surface area contributed by atoms with Gasteiger partial charge in [0.05, 0.1) is 22.7 Å². The molecule has 0 radical (unpaired) electrons. The van der Waals surface area contributed by atoms with E-state index in [0.29, 0.717) is 23.6 Å². The number of cyclic esters (lactones) is 1. The first-order valence-corrected chi connectivity index (χ1v) is 8.63. The average molecular weight is 354 g/mol. The first kappa shape index (κ1) is 15.6. The molecule has 4 rings (SSSR count). The van der Waals surface area contributed by atoms with Gasteiger partial charge >= 0.3 is 5.97 Å². The van der Waals surface area contributed by atoms with E-state index in [1.165, 1.54) is 17.6 Å². The Morgan fingerprint density at radius 1 is 1.28 bits per heavy atom. The number of nitrogens with one attached hydrogen (secondary N) is 1. The Hall–Kier alpha value is -2.93. The molecule has 1 aliphatic heterocycles. The molecule has 1 aliphatic rings. The smallest absolute Gasteiger partial charge is 0.339 e. The third-order valence-corrected chi connectivity index (χ3v) is 4.77. The highest BCUT2D eigenvalue weighted by molar-refractivity contribution is 7.13. The van der Waals surface area contributed by atoms with Crippen LogP contribution < -0.4 is 5.32 Å². The van der Waals surface area contributed by atoms with Crippen molar-refractivity contribution in [3.05, 3.63) is 64.9 Å². The maximum absolute atomic E-state index is 12.3. The van der Waals surface area contributed by atoms with Crippen molar-refractivity contribution < 1.29 is 18.7 Å². The van der Waals surface area contributed by atoms with Crippen molar-refractivity contribution in [1.29, 1.82) is 0 Å². The summed E-state index contributed by atoms with van der Waals surface area (Å²) in [5, 5.41) is 4.68. The molecule has 1 atom stereocenters. The highest BCUT2D eigenvalue weighted by Gasteiger charge is 2.30. The molecular weight excluding hydrogens is 340 g/mol. The van der Waals surface area contributed by atoms with Crippen molar-refractivity contribution in [3.63, 3.8) is 0 Å². The highest BCUT2D eigenvalue weighted by atomic mass is 32.1. The number of rotatable bonds is 4. The van der Waals surface area contributed by atoms with Crippen molar-refractivity contribution in [1.82, 2.24) is 10.3 Å². The zero-order chi connectivity index (χ0) is 17.2. The molecule has 25 heavy (non-hydrogen) atoms. The number of carbonyl (C=O) groups is 2. The Morgan fingerprint density at radius 3 is 3.00 bits per heavy atom. The van der Waals surface area contributed by atoms with Crippen molar-refractivity contribution in [2.75, 3.05) is 0 Å². The highest BCUT2D eigenvalue weighted by Crippen LogP contribution is 2.24. The number of ether oxygens (including phenoxy) is 1. The number of hydrogen-bond donors (Lipinski definition) is 1. The molecule has 126 valence electrons. The number of nitrogens with zero attached hydrogens (tertiary/aromatic N) is 1. The summed E-state index contributed by atoms with van der Waals surface area (Å²) >= 11 is 1.53. The molecule has 0 fully saturated rings. The third kappa shape index (κ3) is 3.18. The van der Waals surface area contributed by atoms with Crippen LogP contribution in [0.1, 0.15) is 21.6 Å². The quantitative estimate of drug-likeness (QED) is 0.729. The molecule has 0 saturated heterocycles. The minimum absolute atomic E-state index is 0.212. The lowest BCUT2D eigenvalue weighted by Gasteiger charge is -2.23. The molecule has 2 aromatic heterocycles. The molecule has 7 heteroatoms. The maximum atomic E-state index is 12.3. The van der Waals surface area contributed by atoms with E-state index in [9.17, 15) is 9.59 Å². The van der Waals surface area contributed by atoms with Crippen LogP contribution >= 0.6 is 11.3 Å². The number of amides is 1. The lowest BCUT2D eigenvalue weighted by molar-refractivity contribution is -0.130. The summed E-state index contributed by atoms with van der Waals surface area (Å²) in [5.74, 6) is -0.288. The van der Waals surface area contributed by atoms with Gasteiger partial charge in [-0.1, -0.05) is 24.3 Å². The van der Waals surface area contributed by atoms with Crippen LogP contribution in [0.3, 0.4) is 0 Å². The first-order valence-electron chi connectivity index (χ1n) is 7.75. The van der Waals surface area contributed by atoms with Crippen LogP contribution in [0, 0.1) is 0 Å². The van der Waals surface area contributed by atoms with Gasteiger partial charge in [0.1, 0.15) is 6.26 Å². The monoisotopic (exact) mass is 354 g/mol. The molecule has 0 spiro atoms. The van der Waals surface area contributed by atoms with Crippen LogP contribution in [0.4, 0.5) is 0 Å². The molecule has 0 saturated carbocycles. The second-order valence-electron chi connectivity index (χ2n) is 5.59. The Bertz CT molecular complexity index is 917. The summed E-state index contributed by atoms with van der Waals surface area (Å²) < 4.78 is 10.6. The molecule has 0 bridgehead atoms. The molecule has 1 aromatic carbocycles. The molecule has 6 nitrogen and oxygen atoms in total. The van der Waals surface area contributed by atoms with Gasteiger partial charge in [-0.25, -0.2) is 9.78 Å². The normalized spacial score (nSPS) is 16.2. The summed E-state index contributed by atoms with van der Waals surface area (Å²) in [6, 6.07) is 11.0. The topological polar surface area (TPSA) is 81.4 Å². The fraction of sp³-hybridized carbons (Fsp3) is 0.167. The summed E-state index contributed by atoms with van der Waals surface area (Å²) in [6.07, 6.45) is 1.05. The Labute approximate surface area is 147 Å². The summed E-state index contributed by atoms with van der Waals surface area (Å²) in [5.41, 5.74) is 1.95. The molecule has 0 aliphatic carbocycles. The van der Waals surface area contributed by atoms with Gasteiger partial charge in [0, 0.05) is 6.42 Å². The van der Waals surface area contributed by atoms with Gasteiger partial charge in [-0.15, -0.1) is 11.3 Å². The van der Waals surface area contributed by atoms with Gasteiger partial charge in [0.2, 0.25) is 5.89 Å². The van der Waals surface area contributed by atoms with Crippen LogP contribution in [0.15, 0.2) is 52.5 Å². The van der Waals surface area contributed by atoms with E-state index in [1.807, 2.05) is 29.6 Å². The number of thiophene rings is 1. The van der Waals surface area contributed by atoms with Crippen LogP contribution in [-0.4, -0.2) is 23.0 Å². The van der Waals surface area contributed by atoms with E-state index in [-0.39, 0.29) is 12.5 Å². The SMILES string of the molecule is O=C1OC(C(=O)NCc2coc(-c3cccs3)n2)Cc2ccccc21. The maximum Gasteiger partial charge on any atom is 0.339 e. The molecule has 1 amide bonds. The van der Waals surface area contributed by atoms with Crippen molar-refractivity contribution >= 4 is 23.2 Å². The predicted octanol–water partition coefficient (Wildman–Crippen LogP) is 2.80. The number of aromatic nitrogens is 1. The van der Waals surface area contributed by atoms with Crippen LogP contribution in [0.5, 0.6) is 0 Å². The van der Waals surface area contributed by atoms with E-state index >= 15 is 0 Å². The lowest BCUT2D eigenvalue weighted by atomic mass is 9.98. The average Bonchev–Trinajstić information content (AvgIpc) is 3.31. The zero-order valence-corrected chi connectivity index (χ0v) is 13.9. The molecular formula is C18H14N2O4S. The van der Waals surface area contributed by atoms with E-state index in [2.05, 4.69) is 10.3 Å². The second-order valence-corrected chi connectivity index (χ2v) is 6.54. The van der Waals surface area contributed by atoms with E-state index in [1.54, 1.807) is 12.1 Å². The lowest BCUT2D eigenvalue weighted by Crippen LogP contribution is -2.41. The zero-order valence-electron chi connectivity index (χ0n) is 13.1. The summed E-state index contributed by atoms with van der Waals surface area (Å²) in [4.78, 5) is 29.6. The van der Waals surface area contributed by atoms with Gasteiger partial charge in [-0.05, 0) is 23.1 Å². The van der Waals surface area contributed by atoms with Crippen molar-refractivity contribution in [2.45, 2.75) is 19.1 Å². The molecule has 1 unspecified atom stereocenters. The second kappa shape index (κ2) is 6.52. The van der Waals surface area contributed by atoms with Crippen molar-refractivity contribution in [3.8, 4) is 10.8 Å². The fourth-order valence-electron chi connectivity index (χ4n) is 2.67. The Kier molecular flexibility index (Phi) is 4.07. The first-order chi connectivity index (χ1) is 12.2. The van der Waals surface area contributed by atoms with Gasteiger partial charge in [0.15, 0.2) is 6.10 Å². The minimum atomic E-state index is -0.828. The number of carbonyl (C=O) groups excluding carboxylic acids is 2. The van der Waals surface area contributed by atoms with E-state index in [4.69, 9.17) is 9.15 Å². The largest absolute Gasteiger partial charge is 0.448 e. The minimum Gasteiger partial charge on any atom is -0.448 e. The van der Waals surface area contributed by atoms with Gasteiger partial charge in [-0.3, -0.25) is 4.79 Å². The van der Waals surface area contributed by atoms with Crippen LogP contribution in [0.25, 0.3) is 10.8 Å². The fourth-order valence-corrected chi connectivity index (χ4v) is 3.33. The Morgan fingerprint density at radius 2 is 2.16 bits per heavy atom. The molecule has 1 N–H and O–H groups in total. The number of hydrogen-bond acceptors (Lipinski definition) is 6. The third-order valence-electron chi connectivity index (χ3n) is 3.91. The number of fused-ring (bicyclic) bond motifs is 1. The Balaban J connectivity index is 1.39. The van der Waals surface area contributed by atoms with E-state index in [0.717, 1.165) is 10.4 Å². The molecule has 3 aromatic rings. The summed E-state index contributed by atoms with van der Waals surface area (Å²) in [7, 11) is 0.